The van der Waals surface area contributed by atoms with Crippen LogP contribution in [-0.2, 0) is 0 Å². The molecule has 13 heavy (non-hydrogen) atoms. The van der Waals surface area contributed by atoms with Crippen LogP contribution in [0.3, 0.4) is 0 Å². The highest BCUT2D eigenvalue weighted by Crippen LogP contribution is 2.38. The van der Waals surface area contributed by atoms with Gasteiger partial charge in [-0.15, -0.1) is 11.3 Å². The van der Waals surface area contributed by atoms with Crippen LogP contribution in [0.15, 0.2) is 11.4 Å². The monoisotopic (exact) mass is 258 g/mol. The van der Waals surface area contributed by atoms with Crippen molar-refractivity contribution in [2.75, 3.05) is 0 Å². The SMILES string of the molecule is Cc1cc(C2CCCCC2Br)cs1. The van der Waals surface area contributed by atoms with Crippen molar-refractivity contribution in [3.8, 4) is 0 Å². The zero-order valence-corrected chi connectivity index (χ0v) is 10.3. The van der Waals surface area contributed by atoms with E-state index in [1.54, 1.807) is 5.56 Å². The number of thiophene rings is 1. The second-order valence-electron chi connectivity index (χ2n) is 3.90. The molecule has 0 radical (unpaired) electrons. The minimum absolute atomic E-state index is 0.718. The van der Waals surface area contributed by atoms with E-state index >= 15 is 0 Å². The molecule has 0 aromatic carbocycles. The summed E-state index contributed by atoms with van der Waals surface area (Å²) in [6.45, 7) is 2.19. The highest BCUT2D eigenvalue weighted by atomic mass is 79.9. The summed E-state index contributed by atoms with van der Waals surface area (Å²) in [6, 6.07) is 2.36. The van der Waals surface area contributed by atoms with Gasteiger partial charge in [0, 0.05) is 9.70 Å². The third kappa shape index (κ3) is 2.16. The topological polar surface area (TPSA) is 0 Å². The molecule has 0 bridgehead atoms. The Morgan fingerprint density at radius 3 is 2.77 bits per heavy atom. The fourth-order valence-electron chi connectivity index (χ4n) is 2.12. The number of hydrogen-bond donors (Lipinski definition) is 0. The van der Waals surface area contributed by atoms with Gasteiger partial charge in [-0.25, -0.2) is 0 Å². The molecule has 2 atom stereocenters. The van der Waals surface area contributed by atoms with Crippen LogP contribution in [0.2, 0.25) is 0 Å². The van der Waals surface area contributed by atoms with E-state index in [-0.39, 0.29) is 0 Å². The predicted octanol–water partition coefficient (Wildman–Crippen LogP) is 4.48. The van der Waals surface area contributed by atoms with E-state index in [1.165, 1.54) is 30.6 Å². The van der Waals surface area contributed by atoms with Gasteiger partial charge in [-0.2, -0.15) is 0 Å². The molecule has 1 saturated carbocycles. The highest BCUT2D eigenvalue weighted by molar-refractivity contribution is 9.09. The van der Waals surface area contributed by atoms with Gasteiger partial charge < -0.3 is 0 Å². The molecule has 1 fully saturated rings. The summed E-state index contributed by atoms with van der Waals surface area (Å²) < 4.78 is 0. The molecule has 0 nitrogen and oxygen atoms in total. The average molecular weight is 259 g/mol. The number of halogens is 1. The molecule has 1 aliphatic carbocycles. The van der Waals surface area contributed by atoms with Crippen LogP contribution in [0.1, 0.15) is 42.0 Å². The Morgan fingerprint density at radius 1 is 1.38 bits per heavy atom. The number of alkyl halides is 1. The van der Waals surface area contributed by atoms with Crippen molar-refractivity contribution in [1.29, 1.82) is 0 Å². The lowest BCUT2D eigenvalue weighted by Crippen LogP contribution is -2.16. The zero-order valence-electron chi connectivity index (χ0n) is 7.92. The normalized spacial score (nSPS) is 29.1. The second-order valence-corrected chi connectivity index (χ2v) is 6.19. The van der Waals surface area contributed by atoms with Crippen molar-refractivity contribution in [2.45, 2.75) is 43.4 Å². The summed E-state index contributed by atoms with van der Waals surface area (Å²) >= 11 is 5.68. The Bertz CT molecular complexity index is 279. The third-order valence-electron chi connectivity index (χ3n) is 2.86. The lowest BCUT2D eigenvalue weighted by Gasteiger charge is -2.26. The van der Waals surface area contributed by atoms with Crippen LogP contribution in [-0.4, -0.2) is 4.83 Å². The lowest BCUT2D eigenvalue weighted by molar-refractivity contribution is 0.462. The van der Waals surface area contributed by atoms with E-state index in [9.17, 15) is 0 Å². The summed E-state index contributed by atoms with van der Waals surface area (Å²) in [5.41, 5.74) is 1.56. The molecule has 2 rings (SSSR count). The van der Waals surface area contributed by atoms with Crippen molar-refractivity contribution in [3.63, 3.8) is 0 Å². The summed E-state index contributed by atoms with van der Waals surface area (Å²) in [5, 5.41) is 2.33. The molecule has 0 amide bonds. The largest absolute Gasteiger partial charge is 0.149 e. The maximum Gasteiger partial charge on any atom is 0.0214 e. The van der Waals surface area contributed by atoms with Gasteiger partial charge in [0.25, 0.3) is 0 Å². The van der Waals surface area contributed by atoms with Crippen molar-refractivity contribution in [3.05, 3.63) is 21.9 Å². The molecule has 2 unspecified atom stereocenters. The molecule has 0 N–H and O–H groups in total. The molecule has 1 aromatic heterocycles. The van der Waals surface area contributed by atoms with E-state index in [1.807, 2.05) is 11.3 Å². The van der Waals surface area contributed by atoms with Crippen LogP contribution in [0.5, 0.6) is 0 Å². The van der Waals surface area contributed by atoms with Crippen molar-refractivity contribution in [2.24, 2.45) is 0 Å². The van der Waals surface area contributed by atoms with E-state index in [0.717, 1.165) is 10.7 Å². The van der Waals surface area contributed by atoms with Gasteiger partial charge in [-0.3, -0.25) is 0 Å². The maximum atomic E-state index is 3.81. The van der Waals surface area contributed by atoms with Gasteiger partial charge >= 0.3 is 0 Å². The first-order valence-corrected chi connectivity index (χ1v) is 6.76. The van der Waals surface area contributed by atoms with Crippen LogP contribution in [0, 0.1) is 6.92 Å². The molecule has 1 aromatic rings. The third-order valence-corrected chi connectivity index (χ3v) is 4.84. The van der Waals surface area contributed by atoms with E-state index in [4.69, 9.17) is 0 Å². The first-order chi connectivity index (χ1) is 6.27. The molecular formula is C11H15BrS. The number of hydrogen-bond acceptors (Lipinski definition) is 1. The van der Waals surface area contributed by atoms with Crippen LogP contribution < -0.4 is 0 Å². The average Bonchev–Trinajstić information content (AvgIpc) is 2.53. The van der Waals surface area contributed by atoms with Gasteiger partial charge in [0.2, 0.25) is 0 Å². The summed E-state index contributed by atoms with van der Waals surface area (Å²) in [6.07, 6.45) is 5.52. The van der Waals surface area contributed by atoms with Crippen molar-refractivity contribution in [1.82, 2.24) is 0 Å². The summed E-state index contributed by atoms with van der Waals surface area (Å²) in [5.74, 6) is 0.777. The molecule has 1 aliphatic rings. The van der Waals surface area contributed by atoms with E-state index < -0.39 is 0 Å². The smallest absolute Gasteiger partial charge is 0.0214 e. The lowest BCUT2D eigenvalue weighted by atomic mass is 9.85. The zero-order chi connectivity index (χ0) is 9.26. The Morgan fingerprint density at radius 2 is 2.15 bits per heavy atom. The van der Waals surface area contributed by atoms with Gasteiger partial charge in [0.15, 0.2) is 0 Å². The van der Waals surface area contributed by atoms with E-state index in [0.29, 0.717) is 0 Å². The van der Waals surface area contributed by atoms with Crippen LogP contribution in [0.4, 0.5) is 0 Å². The van der Waals surface area contributed by atoms with Gasteiger partial charge in [-0.05, 0) is 42.7 Å². The molecule has 0 saturated heterocycles. The Balaban J connectivity index is 2.14. The predicted molar refractivity (Wildman–Crippen MR) is 63.0 cm³/mol. The molecule has 2 heteroatoms. The Hall–Kier alpha value is 0.180. The quantitative estimate of drug-likeness (QED) is 0.652. The first-order valence-electron chi connectivity index (χ1n) is 4.96. The van der Waals surface area contributed by atoms with Crippen molar-refractivity contribution < 1.29 is 0 Å². The fourth-order valence-corrected chi connectivity index (χ4v) is 3.78. The Kier molecular flexibility index (Phi) is 3.10. The first kappa shape index (κ1) is 9.72. The minimum atomic E-state index is 0.718. The fraction of sp³-hybridized carbons (Fsp3) is 0.636. The molecule has 0 aliphatic heterocycles. The molecule has 0 spiro atoms. The molecule has 72 valence electrons. The standard InChI is InChI=1S/C11H15BrS/c1-8-6-9(7-13-8)10-4-2-3-5-11(10)12/h6-7,10-11H,2-5H2,1H3. The van der Waals surface area contributed by atoms with Gasteiger partial charge in [-0.1, -0.05) is 28.8 Å². The number of aryl methyl sites for hydroxylation is 1. The second kappa shape index (κ2) is 4.14. The van der Waals surface area contributed by atoms with Gasteiger partial charge in [0.05, 0.1) is 0 Å². The van der Waals surface area contributed by atoms with Gasteiger partial charge in [0.1, 0.15) is 0 Å². The molecular weight excluding hydrogens is 244 g/mol. The van der Waals surface area contributed by atoms with Crippen LogP contribution in [0.25, 0.3) is 0 Å². The minimum Gasteiger partial charge on any atom is -0.149 e. The van der Waals surface area contributed by atoms with E-state index in [2.05, 4.69) is 34.3 Å². The van der Waals surface area contributed by atoms with Crippen molar-refractivity contribution >= 4 is 27.3 Å². The Labute approximate surface area is 92.5 Å². The number of rotatable bonds is 1. The molecule has 1 heterocycles. The maximum absolute atomic E-state index is 3.81. The highest BCUT2D eigenvalue weighted by Gasteiger charge is 2.24. The van der Waals surface area contributed by atoms with Crippen LogP contribution >= 0.6 is 27.3 Å². The summed E-state index contributed by atoms with van der Waals surface area (Å²) in [4.78, 5) is 2.16. The summed E-state index contributed by atoms with van der Waals surface area (Å²) in [7, 11) is 0.